The van der Waals surface area contributed by atoms with E-state index in [2.05, 4.69) is 31.3 Å². The standard InChI is InChI=1S/C72H141NO8/c1-3-5-7-9-11-13-15-17-19-21-23-24-25-26-27-28-29-30-31-32-33-34-35-36-37-38-39-40-41-42-44-46-48-50-52-54-56-58-60-62-68(76)73-65(64-80-72-71(79)70(78)69(77)67(63-74)81-72)66(75)61-59-57-55-53-51-49-47-45-43-22-20-18-16-14-12-10-8-6-4-2/h21,23,65-67,69-72,74-75,77-79H,3-20,22,24-64H2,1-2H3,(H,73,76)/b23-21-. The van der Waals surface area contributed by atoms with E-state index in [0.29, 0.717) is 12.8 Å². The van der Waals surface area contributed by atoms with Gasteiger partial charge in [-0.25, -0.2) is 0 Å². The van der Waals surface area contributed by atoms with Gasteiger partial charge < -0.3 is 40.3 Å². The van der Waals surface area contributed by atoms with Gasteiger partial charge in [-0.15, -0.1) is 0 Å². The van der Waals surface area contributed by atoms with Crippen molar-refractivity contribution in [1.29, 1.82) is 0 Å². The molecule has 0 aromatic rings. The van der Waals surface area contributed by atoms with Crippen LogP contribution in [0.1, 0.15) is 386 Å². The van der Waals surface area contributed by atoms with Gasteiger partial charge in [-0.1, -0.05) is 353 Å². The first-order valence-electron chi connectivity index (χ1n) is 36.4. The van der Waals surface area contributed by atoms with Crippen molar-refractivity contribution in [2.45, 2.75) is 429 Å². The molecule has 81 heavy (non-hydrogen) atoms. The van der Waals surface area contributed by atoms with Crippen molar-refractivity contribution < 1.29 is 39.8 Å². The van der Waals surface area contributed by atoms with Crippen LogP contribution in [0.25, 0.3) is 0 Å². The SMILES string of the molecule is CCCCCCCCCC/C=C\CCCCCCCCCCCCCCCCCCCCCCCCCCCCCC(=O)NC(COC1OC(CO)C(O)C(O)C1O)C(O)CCCCCCCCCCCCCCCCCCCCC. The molecule has 0 saturated carbocycles. The number of amides is 1. The van der Waals surface area contributed by atoms with Gasteiger partial charge in [-0.3, -0.25) is 4.79 Å². The first-order chi connectivity index (χ1) is 39.8. The minimum absolute atomic E-state index is 0.131. The van der Waals surface area contributed by atoms with E-state index < -0.39 is 49.5 Å². The first kappa shape index (κ1) is 77.9. The zero-order valence-electron chi connectivity index (χ0n) is 54.1. The maximum atomic E-state index is 13.1. The van der Waals surface area contributed by atoms with E-state index in [0.717, 1.165) is 38.5 Å². The molecule has 6 N–H and O–H groups in total. The second-order valence-electron chi connectivity index (χ2n) is 25.7. The predicted octanol–water partition coefficient (Wildman–Crippen LogP) is 19.9. The molecule has 0 bridgehead atoms. The number of hydrogen-bond donors (Lipinski definition) is 6. The number of aliphatic hydroxyl groups is 5. The van der Waals surface area contributed by atoms with Crippen molar-refractivity contribution in [3.63, 3.8) is 0 Å². The van der Waals surface area contributed by atoms with E-state index in [1.807, 2.05) is 0 Å². The summed E-state index contributed by atoms with van der Waals surface area (Å²) >= 11 is 0. The molecule has 0 aromatic carbocycles. The van der Waals surface area contributed by atoms with Crippen LogP contribution in [-0.4, -0.2) is 87.5 Å². The Labute approximate surface area is 503 Å². The lowest BCUT2D eigenvalue weighted by atomic mass is 9.99. The Kier molecular flexibility index (Phi) is 59.7. The fraction of sp³-hybridized carbons (Fsp3) is 0.958. The van der Waals surface area contributed by atoms with E-state index in [-0.39, 0.29) is 12.5 Å². The number of carbonyl (C=O) groups is 1. The zero-order chi connectivity index (χ0) is 58.6. The predicted molar refractivity (Wildman–Crippen MR) is 346 cm³/mol. The van der Waals surface area contributed by atoms with Gasteiger partial charge in [-0.2, -0.15) is 0 Å². The quantitative estimate of drug-likeness (QED) is 0.0261. The van der Waals surface area contributed by atoms with Crippen LogP contribution in [0.4, 0.5) is 0 Å². The van der Waals surface area contributed by atoms with Crippen molar-refractivity contribution in [3.05, 3.63) is 12.2 Å². The summed E-state index contributed by atoms with van der Waals surface area (Å²) in [6.45, 7) is 3.90. The Bertz CT molecular complexity index is 1280. The highest BCUT2D eigenvalue weighted by Gasteiger charge is 2.44. The first-order valence-corrected chi connectivity index (χ1v) is 36.4. The monoisotopic (exact) mass is 1150 g/mol. The summed E-state index contributed by atoms with van der Waals surface area (Å²) in [6.07, 6.45) is 73.1. The number of aliphatic hydroxyl groups excluding tert-OH is 5. The number of unbranched alkanes of at least 4 members (excludes halogenated alkanes) is 53. The fourth-order valence-electron chi connectivity index (χ4n) is 12.2. The lowest BCUT2D eigenvalue weighted by Crippen LogP contribution is -2.60. The second kappa shape index (κ2) is 62.0. The van der Waals surface area contributed by atoms with Gasteiger partial charge in [0.25, 0.3) is 0 Å². The highest BCUT2D eigenvalue weighted by molar-refractivity contribution is 5.76. The molecule has 9 heteroatoms. The van der Waals surface area contributed by atoms with Crippen LogP contribution in [0.2, 0.25) is 0 Å². The lowest BCUT2D eigenvalue weighted by molar-refractivity contribution is -0.302. The summed E-state index contributed by atoms with van der Waals surface area (Å²) in [6, 6.07) is -0.716. The Morgan fingerprint density at radius 3 is 1.00 bits per heavy atom. The Morgan fingerprint density at radius 1 is 0.407 bits per heavy atom. The molecule has 0 radical (unpaired) electrons. The van der Waals surface area contributed by atoms with Crippen LogP contribution in [0, 0.1) is 0 Å². The molecule has 1 saturated heterocycles. The van der Waals surface area contributed by atoms with Crippen molar-refractivity contribution in [2.24, 2.45) is 0 Å². The lowest BCUT2D eigenvalue weighted by Gasteiger charge is -2.40. The summed E-state index contributed by atoms with van der Waals surface area (Å²) in [5.74, 6) is -0.134. The van der Waals surface area contributed by atoms with Crippen LogP contribution in [-0.2, 0) is 14.3 Å². The van der Waals surface area contributed by atoms with Gasteiger partial charge in [0.05, 0.1) is 25.4 Å². The van der Waals surface area contributed by atoms with Crippen molar-refractivity contribution in [2.75, 3.05) is 13.2 Å². The maximum absolute atomic E-state index is 13.1. The Hall–Kier alpha value is -1.07. The summed E-state index contributed by atoms with van der Waals surface area (Å²) in [5.41, 5.74) is 0. The van der Waals surface area contributed by atoms with Crippen LogP contribution >= 0.6 is 0 Å². The molecule has 1 rings (SSSR count). The van der Waals surface area contributed by atoms with Gasteiger partial charge in [0.15, 0.2) is 6.29 Å². The van der Waals surface area contributed by atoms with Crippen LogP contribution in [0.15, 0.2) is 12.2 Å². The number of ether oxygens (including phenoxy) is 2. The number of allylic oxidation sites excluding steroid dienone is 2. The summed E-state index contributed by atoms with van der Waals surface area (Å²) in [7, 11) is 0. The minimum atomic E-state index is -1.55. The molecule has 1 amide bonds. The molecule has 1 fully saturated rings. The number of nitrogens with one attached hydrogen (secondary N) is 1. The van der Waals surface area contributed by atoms with Crippen LogP contribution in [0.3, 0.4) is 0 Å². The van der Waals surface area contributed by atoms with Crippen LogP contribution < -0.4 is 5.32 Å². The zero-order valence-corrected chi connectivity index (χ0v) is 54.1. The summed E-state index contributed by atoms with van der Waals surface area (Å²) in [5, 5.41) is 54.9. The second-order valence-corrected chi connectivity index (χ2v) is 25.7. The topological polar surface area (TPSA) is 149 Å². The molecule has 1 aliphatic rings. The Balaban J connectivity index is 2.02. The molecule has 0 spiro atoms. The third kappa shape index (κ3) is 50.8. The molecule has 482 valence electrons. The molecule has 1 aliphatic heterocycles. The third-order valence-electron chi connectivity index (χ3n) is 17.9. The van der Waals surface area contributed by atoms with Gasteiger partial charge in [0.1, 0.15) is 24.4 Å². The summed E-state index contributed by atoms with van der Waals surface area (Å²) < 4.78 is 11.4. The fourth-order valence-corrected chi connectivity index (χ4v) is 12.2. The van der Waals surface area contributed by atoms with E-state index in [1.54, 1.807) is 0 Å². The van der Waals surface area contributed by atoms with Crippen molar-refractivity contribution >= 4 is 5.91 Å². The van der Waals surface area contributed by atoms with Gasteiger partial charge in [0.2, 0.25) is 5.91 Å². The molecule has 0 aromatic heterocycles. The molecular formula is C72H141NO8. The van der Waals surface area contributed by atoms with E-state index in [1.165, 1.54) is 321 Å². The Morgan fingerprint density at radius 2 is 0.691 bits per heavy atom. The van der Waals surface area contributed by atoms with Gasteiger partial charge >= 0.3 is 0 Å². The molecule has 0 aliphatic carbocycles. The van der Waals surface area contributed by atoms with Gasteiger partial charge in [0, 0.05) is 6.42 Å². The molecule has 7 atom stereocenters. The number of hydrogen-bond acceptors (Lipinski definition) is 8. The maximum Gasteiger partial charge on any atom is 0.220 e. The third-order valence-corrected chi connectivity index (χ3v) is 17.9. The minimum Gasteiger partial charge on any atom is -0.394 e. The largest absolute Gasteiger partial charge is 0.394 e. The highest BCUT2D eigenvalue weighted by Crippen LogP contribution is 2.24. The average Bonchev–Trinajstić information content (AvgIpc) is 3.48. The van der Waals surface area contributed by atoms with E-state index in [9.17, 15) is 30.3 Å². The molecular weight excluding hydrogens is 1010 g/mol. The smallest absolute Gasteiger partial charge is 0.220 e. The van der Waals surface area contributed by atoms with Gasteiger partial charge in [-0.05, 0) is 38.5 Å². The number of rotatable bonds is 65. The molecule has 1 heterocycles. The molecule has 7 unspecified atom stereocenters. The number of carbonyl (C=O) groups excluding carboxylic acids is 1. The average molecular weight is 1150 g/mol. The van der Waals surface area contributed by atoms with Crippen molar-refractivity contribution in [3.8, 4) is 0 Å². The van der Waals surface area contributed by atoms with E-state index >= 15 is 0 Å². The van der Waals surface area contributed by atoms with E-state index in [4.69, 9.17) is 9.47 Å². The van der Waals surface area contributed by atoms with Crippen molar-refractivity contribution in [1.82, 2.24) is 5.32 Å². The normalized spacial score (nSPS) is 18.3. The summed E-state index contributed by atoms with van der Waals surface area (Å²) in [4.78, 5) is 13.1. The highest BCUT2D eigenvalue weighted by atomic mass is 16.7. The van der Waals surface area contributed by atoms with Crippen LogP contribution in [0.5, 0.6) is 0 Å². The molecule has 9 nitrogen and oxygen atoms in total.